The van der Waals surface area contributed by atoms with Crippen LogP contribution in [0.4, 0.5) is 5.82 Å². The molecule has 0 unspecified atom stereocenters. The van der Waals surface area contributed by atoms with Gasteiger partial charge in [-0.05, 0) is 31.0 Å². The van der Waals surface area contributed by atoms with Crippen LogP contribution in [0.3, 0.4) is 0 Å². The Labute approximate surface area is 150 Å². The third kappa shape index (κ3) is 3.80. The molecule has 1 amide bonds. The molecule has 3 rings (SSSR count). The number of aliphatic carboxylic acids is 1. The first-order valence-electron chi connectivity index (χ1n) is 8.08. The fourth-order valence-corrected chi connectivity index (χ4v) is 2.64. The van der Waals surface area contributed by atoms with Gasteiger partial charge in [-0.2, -0.15) is 10.2 Å². The number of hydrogen-bond donors (Lipinski definition) is 2. The van der Waals surface area contributed by atoms with Gasteiger partial charge in [0.15, 0.2) is 5.82 Å². The van der Waals surface area contributed by atoms with Crippen LogP contribution in [0.5, 0.6) is 0 Å². The number of carbonyl (C=O) groups is 2. The van der Waals surface area contributed by atoms with Gasteiger partial charge in [-0.15, -0.1) is 0 Å². The second-order valence-electron chi connectivity index (χ2n) is 5.98. The number of carbonyl (C=O) groups excluding carboxylic acids is 1. The van der Waals surface area contributed by atoms with Gasteiger partial charge in [0.05, 0.1) is 6.54 Å². The number of carboxylic acid groups (broad SMARTS) is 1. The third-order valence-corrected chi connectivity index (χ3v) is 4.04. The number of aromatic nitrogens is 4. The van der Waals surface area contributed by atoms with E-state index in [-0.39, 0.29) is 12.2 Å². The van der Waals surface area contributed by atoms with Gasteiger partial charge in [-0.3, -0.25) is 14.3 Å². The van der Waals surface area contributed by atoms with E-state index in [9.17, 15) is 9.59 Å². The average Bonchev–Trinajstić information content (AvgIpc) is 3.16. The van der Waals surface area contributed by atoms with Crippen molar-refractivity contribution in [3.05, 3.63) is 65.1 Å². The minimum atomic E-state index is -1.07. The smallest absolute Gasteiger partial charge is 0.325 e. The maximum atomic E-state index is 12.4. The van der Waals surface area contributed by atoms with Crippen molar-refractivity contribution in [1.29, 1.82) is 0 Å². The van der Waals surface area contributed by atoms with Gasteiger partial charge >= 0.3 is 5.97 Å². The highest BCUT2D eigenvalue weighted by Gasteiger charge is 2.16. The van der Waals surface area contributed by atoms with Crippen molar-refractivity contribution in [3.8, 4) is 0 Å². The molecule has 0 atom stereocenters. The molecule has 0 bridgehead atoms. The van der Waals surface area contributed by atoms with Gasteiger partial charge in [0.2, 0.25) is 0 Å². The molecule has 134 valence electrons. The van der Waals surface area contributed by atoms with Crippen molar-refractivity contribution in [2.75, 3.05) is 5.32 Å². The number of aryl methyl sites for hydroxylation is 2. The lowest BCUT2D eigenvalue weighted by Gasteiger charge is -2.07. The summed E-state index contributed by atoms with van der Waals surface area (Å²) >= 11 is 0. The predicted molar refractivity (Wildman–Crippen MR) is 95.1 cm³/mol. The van der Waals surface area contributed by atoms with Gasteiger partial charge in [0, 0.05) is 18.0 Å². The Hall–Kier alpha value is -3.42. The van der Waals surface area contributed by atoms with Crippen molar-refractivity contribution in [2.24, 2.45) is 0 Å². The van der Waals surface area contributed by atoms with E-state index in [1.165, 1.54) is 17.8 Å². The van der Waals surface area contributed by atoms with Crippen LogP contribution >= 0.6 is 0 Å². The molecule has 8 heteroatoms. The van der Waals surface area contributed by atoms with Crippen molar-refractivity contribution < 1.29 is 14.7 Å². The molecule has 3 aromatic rings. The molecule has 2 N–H and O–H groups in total. The second kappa shape index (κ2) is 7.22. The SMILES string of the molecule is Cc1ccccc1Cn1nc(NC(=O)c2ccnn2CC(=O)O)cc1C. The topological polar surface area (TPSA) is 102 Å². The molecule has 0 fully saturated rings. The number of hydrogen-bond acceptors (Lipinski definition) is 4. The molecule has 0 saturated carbocycles. The molecule has 2 heterocycles. The van der Waals surface area contributed by atoms with Crippen molar-refractivity contribution in [2.45, 2.75) is 26.9 Å². The Morgan fingerprint density at radius 1 is 1.15 bits per heavy atom. The molecule has 2 aromatic heterocycles. The monoisotopic (exact) mass is 353 g/mol. The van der Waals surface area contributed by atoms with E-state index in [1.807, 2.05) is 42.8 Å². The van der Waals surface area contributed by atoms with Gasteiger partial charge in [-0.25, -0.2) is 4.68 Å². The molecular formula is C18H19N5O3. The van der Waals surface area contributed by atoms with Gasteiger partial charge < -0.3 is 10.4 Å². The lowest BCUT2D eigenvalue weighted by molar-refractivity contribution is -0.137. The van der Waals surface area contributed by atoms with E-state index in [4.69, 9.17) is 5.11 Å². The fraction of sp³-hybridized carbons (Fsp3) is 0.222. The molecule has 0 aliphatic rings. The Bertz CT molecular complexity index is 957. The second-order valence-corrected chi connectivity index (χ2v) is 5.98. The standard InChI is InChI=1S/C18H19N5O3/c1-12-5-3-4-6-14(12)10-22-13(2)9-16(21-22)20-18(26)15-7-8-19-23(15)11-17(24)25/h3-9H,10-11H2,1-2H3,(H,24,25)(H,20,21,26). The number of anilines is 1. The number of amides is 1. The minimum absolute atomic E-state index is 0.165. The van der Waals surface area contributed by atoms with Crippen molar-refractivity contribution >= 4 is 17.7 Å². The number of rotatable bonds is 6. The largest absolute Gasteiger partial charge is 0.480 e. The van der Waals surface area contributed by atoms with Gasteiger partial charge in [0.25, 0.3) is 5.91 Å². The highest BCUT2D eigenvalue weighted by Crippen LogP contribution is 2.14. The van der Waals surface area contributed by atoms with Crippen LogP contribution in [-0.2, 0) is 17.9 Å². The molecule has 0 aliphatic heterocycles. The van der Waals surface area contributed by atoms with E-state index in [0.717, 1.165) is 15.9 Å². The van der Waals surface area contributed by atoms with Crippen LogP contribution in [0.25, 0.3) is 0 Å². The maximum absolute atomic E-state index is 12.4. The fourth-order valence-electron chi connectivity index (χ4n) is 2.64. The first-order valence-corrected chi connectivity index (χ1v) is 8.08. The van der Waals surface area contributed by atoms with Crippen LogP contribution in [0.15, 0.2) is 42.6 Å². The first-order chi connectivity index (χ1) is 12.4. The van der Waals surface area contributed by atoms with Crippen molar-refractivity contribution in [1.82, 2.24) is 19.6 Å². The number of nitrogens with zero attached hydrogens (tertiary/aromatic N) is 4. The Morgan fingerprint density at radius 2 is 1.92 bits per heavy atom. The zero-order valence-electron chi connectivity index (χ0n) is 14.5. The molecule has 8 nitrogen and oxygen atoms in total. The molecule has 1 aromatic carbocycles. The van der Waals surface area contributed by atoms with Crippen molar-refractivity contribution in [3.63, 3.8) is 0 Å². The molecular weight excluding hydrogens is 334 g/mol. The molecule has 0 radical (unpaired) electrons. The summed E-state index contributed by atoms with van der Waals surface area (Å²) in [7, 11) is 0. The quantitative estimate of drug-likeness (QED) is 0.706. The van der Waals surface area contributed by atoms with Gasteiger partial charge in [0.1, 0.15) is 12.2 Å². The van der Waals surface area contributed by atoms with Crippen LogP contribution in [0, 0.1) is 13.8 Å². The Balaban J connectivity index is 1.75. The molecule has 0 spiro atoms. The zero-order chi connectivity index (χ0) is 18.7. The van der Waals surface area contributed by atoms with E-state index in [2.05, 4.69) is 15.5 Å². The van der Waals surface area contributed by atoms with Crippen LogP contribution < -0.4 is 5.32 Å². The predicted octanol–water partition coefficient (Wildman–Crippen LogP) is 2.08. The molecule has 0 saturated heterocycles. The summed E-state index contributed by atoms with van der Waals surface area (Å²) in [6, 6.07) is 11.3. The summed E-state index contributed by atoms with van der Waals surface area (Å²) in [6.45, 7) is 4.18. The number of benzene rings is 1. The summed E-state index contributed by atoms with van der Waals surface area (Å²) in [4.78, 5) is 23.2. The molecule has 0 aliphatic carbocycles. The van der Waals surface area contributed by atoms with E-state index < -0.39 is 11.9 Å². The molecule has 26 heavy (non-hydrogen) atoms. The number of nitrogens with one attached hydrogen (secondary N) is 1. The normalized spacial score (nSPS) is 10.7. The lowest BCUT2D eigenvalue weighted by Crippen LogP contribution is -2.21. The Morgan fingerprint density at radius 3 is 2.65 bits per heavy atom. The van der Waals surface area contributed by atoms with E-state index >= 15 is 0 Å². The number of carboxylic acids is 1. The highest BCUT2D eigenvalue weighted by atomic mass is 16.4. The van der Waals surface area contributed by atoms with Crippen LogP contribution in [0.2, 0.25) is 0 Å². The third-order valence-electron chi connectivity index (χ3n) is 4.04. The summed E-state index contributed by atoms with van der Waals surface area (Å²) in [5.74, 6) is -1.12. The average molecular weight is 353 g/mol. The van der Waals surface area contributed by atoms with E-state index in [0.29, 0.717) is 12.4 Å². The summed E-state index contributed by atoms with van der Waals surface area (Å²) < 4.78 is 2.95. The minimum Gasteiger partial charge on any atom is -0.480 e. The lowest BCUT2D eigenvalue weighted by atomic mass is 10.1. The zero-order valence-corrected chi connectivity index (χ0v) is 14.5. The van der Waals surface area contributed by atoms with Gasteiger partial charge in [-0.1, -0.05) is 24.3 Å². The summed E-state index contributed by atoms with van der Waals surface area (Å²) in [6.07, 6.45) is 1.39. The summed E-state index contributed by atoms with van der Waals surface area (Å²) in [5.41, 5.74) is 3.39. The first kappa shape index (κ1) is 17.4. The Kier molecular flexibility index (Phi) is 4.83. The van der Waals surface area contributed by atoms with Crippen LogP contribution in [0.1, 0.15) is 27.3 Å². The highest BCUT2D eigenvalue weighted by molar-refractivity contribution is 6.02. The maximum Gasteiger partial charge on any atom is 0.325 e. The summed E-state index contributed by atoms with van der Waals surface area (Å²) in [5, 5.41) is 19.9. The van der Waals surface area contributed by atoms with E-state index in [1.54, 1.807) is 6.07 Å². The van der Waals surface area contributed by atoms with Crippen LogP contribution in [-0.4, -0.2) is 36.5 Å².